The maximum absolute atomic E-state index is 12.0. The summed E-state index contributed by atoms with van der Waals surface area (Å²) in [5, 5.41) is 0. The Balaban J connectivity index is 2.32. The molecule has 0 bridgehead atoms. The maximum Gasteiger partial charge on any atom is 0.223 e. The first-order valence-corrected chi connectivity index (χ1v) is 8.03. The molecule has 0 radical (unpaired) electrons. The molecule has 0 aliphatic carbocycles. The number of hydrogen-bond donors (Lipinski definition) is 1. The zero-order chi connectivity index (χ0) is 13.3. The van der Waals surface area contributed by atoms with Crippen LogP contribution >= 0.6 is 38.9 Å². The first kappa shape index (κ1) is 14.3. The Kier molecular flexibility index (Phi) is 4.69. The van der Waals surface area contributed by atoms with E-state index in [1.54, 1.807) is 0 Å². The van der Waals surface area contributed by atoms with E-state index in [2.05, 4.69) is 22.9 Å². The number of thiophene rings is 1. The number of carbonyl (C=O) groups is 1. The molecular weight excluding hydrogens is 336 g/mol. The average Bonchev–Trinajstić information content (AvgIpc) is 2.64. The van der Waals surface area contributed by atoms with Gasteiger partial charge in [-0.05, 0) is 34.8 Å². The van der Waals surface area contributed by atoms with Crippen LogP contribution in [0.3, 0.4) is 0 Å². The monoisotopic (exact) mass is 350 g/mol. The second-order valence-corrected chi connectivity index (χ2v) is 7.05. The molecule has 100 valence electrons. The summed E-state index contributed by atoms with van der Waals surface area (Å²) in [6.07, 6.45) is 2.24. The average molecular weight is 352 g/mol. The first-order valence-electron chi connectivity index (χ1n) is 6.04. The van der Waals surface area contributed by atoms with Crippen LogP contribution in [-0.2, 0) is 4.79 Å². The number of hydrogen-bond acceptors (Lipinski definition) is 3. The molecule has 0 aromatic carbocycles. The van der Waals surface area contributed by atoms with Crippen LogP contribution in [0.4, 0.5) is 0 Å². The third-order valence-corrected chi connectivity index (χ3v) is 5.72. The van der Waals surface area contributed by atoms with E-state index in [-0.39, 0.29) is 18.0 Å². The summed E-state index contributed by atoms with van der Waals surface area (Å²) < 4.78 is 1.59. The van der Waals surface area contributed by atoms with E-state index >= 15 is 0 Å². The van der Waals surface area contributed by atoms with Gasteiger partial charge in [0.2, 0.25) is 5.91 Å². The summed E-state index contributed by atoms with van der Waals surface area (Å²) in [4.78, 5) is 15.0. The van der Waals surface area contributed by atoms with Gasteiger partial charge >= 0.3 is 0 Å². The standard InChI is InChI=1S/C12H16BrClN2OS/c1-2-5-16-10(17)4-3-8(15)11(16)9-6-7(13)12(14)18-9/h6,8,11H,2-5,15H2,1H3. The van der Waals surface area contributed by atoms with Crippen LogP contribution in [-0.4, -0.2) is 23.4 Å². The molecule has 1 saturated heterocycles. The van der Waals surface area contributed by atoms with Crippen LogP contribution in [0.5, 0.6) is 0 Å². The predicted octanol–water partition coefficient (Wildman–Crippen LogP) is 3.56. The molecule has 0 saturated carbocycles. The third kappa shape index (κ3) is 2.74. The smallest absolute Gasteiger partial charge is 0.223 e. The summed E-state index contributed by atoms with van der Waals surface area (Å²) >= 11 is 11.0. The van der Waals surface area contributed by atoms with Gasteiger partial charge in [0.1, 0.15) is 4.34 Å². The minimum atomic E-state index is -0.0278. The molecule has 1 fully saturated rings. The van der Waals surface area contributed by atoms with Crippen LogP contribution in [0.25, 0.3) is 0 Å². The molecule has 1 aliphatic rings. The van der Waals surface area contributed by atoms with Gasteiger partial charge in [-0.15, -0.1) is 11.3 Å². The molecule has 2 rings (SSSR count). The molecule has 1 aliphatic heterocycles. The topological polar surface area (TPSA) is 46.3 Å². The van der Waals surface area contributed by atoms with E-state index < -0.39 is 0 Å². The molecule has 2 atom stereocenters. The lowest BCUT2D eigenvalue weighted by atomic mass is 9.95. The Labute approximate surface area is 124 Å². The zero-order valence-corrected chi connectivity index (χ0v) is 13.3. The number of likely N-dealkylation sites (tertiary alicyclic amines) is 1. The number of piperidine rings is 1. The minimum absolute atomic E-state index is 0.00383. The van der Waals surface area contributed by atoms with Crippen molar-refractivity contribution >= 4 is 44.8 Å². The third-order valence-electron chi connectivity index (χ3n) is 3.17. The van der Waals surface area contributed by atoms with Crippen LogP contribution in [0, 0.1) is 0 Å². The van der Waals surface area contributed by atoms with Crippen molar-refractivity contribution in [3.8, 4) is 0 Å². The van der Waals surface area contributed by atoms with Crippen LogP contribution in [0.2, 0.25) is 4.34 Å². The lowest BCUT2D eigenvalue weighted by Gasteiger charge is -2.39. The summed E-state index contributed by atoms with van der Waals surface area (Å²) in [5.74, 6) is 0.198. The van der Waals surface area contributed by atoms with Crippen LogP contribution < -0.4 is 5.73 Å². The van der Waals surface area contributed by atoms with Crippen molar-refractivity contribution in [2.45, 2.75) is 38.3 Å². The molecule has 0 spiro atoms. The van der Waals surface area contributed by atoms with Gasteiger partial charge in [0.25, 0.3) is 0 Å². The van der Waals surface area contributed by atoms with Crippen LogP contribution in [0.1, 0.15) is 37.1 Å². The first-order chi connectivity index (χ1) is 8.54. The largest absolute Gasteiger partial charge is 0.333 e. The summed E-state index contributed by atoms with van der Waals surface area (Å²) in [5.41, 5.74) is 6.21. The highest BCUT2D eigenvalue weighted by molar-refractivity contribution is 9.10. The molecule has 3 nitrogen and oxygen atoms in total. The van der Waals surface area contributed by atoms with Gasteiger partial charge in [0.05, 0.1) is 6.04 Å². The molecule has 2 heterocycles. The van der Waals surface area contributed by atoms with Crippen molar-refractivity contribution in [1.29, 1.82) is 0 Å². The van der Waals surface area contributed by atoms with Gasteiger partial charge in [-0.3, -0.25) is 4.79 Å². The number of nitrogens with two attached hydrogens (primary N) is 1. The fraction of sp³-hybridized carbons (Fsp3) is 0.583. The van der Waals surface area contributed by atoms with Crippen LogP contribution in [0.15, 0.2) is 10.5 Å². The number of halogens is 2. The number of rotatable bonds is 3. The zero-order valence-electron chi connectivity index (χ0n) is 10.2. The van der Waals surface area contributed by atoms with Gasteiger partial charge in [0, 0.05) is 28.4 Å². The van der Waals surface area contributed by atoms with Crippen molar-refractivity contribution in [3.63, 3.8) is 0 Å². The number of carbonyl (C=O) groups excluding carboxylic acids is 1. The van der Waals surface area contributed by atoms with E-state index in [1.165, 1.54) is 11.3 Å². The molecule has 6 heteroatoms. The SMILES string of the molecule is CCCN1C(=O)CCC(N)C1c1cc(Br)c(Cl)s1. The highest BCUT2D eigenvalue weighted by Crippen LogP contribution is 2.40. The van der Waals surface area contributed by atoms with Gasteiger partial charge in [-0.25, -0.2) is 0 Å². The summed E-state index contributed by atoms with van der Waals surface area (Å²) in [6, 6.07) is 1.95. The summed E-state index contributed by atoms with van der Waals surface area (Å²) in [7, 11) is 0. The Hall–Kier alpha value is -0.100. The second-order valence-electron chi connectivity index (χ2n) is 4.50. The van der Waals surface area contributed by atoms with E-state index in [9.17, 15) is 4.79 Å². The van der Waals surface area contributed by atoms with Gasteiger partial charge in [-0.1, -0.05) is 18.5 Å². The molecule has 18 heavy (non-hydrogen) atoms. The Morgan fingerprint density at radius 2 is 2.39 bits per heavy atom. The molecule has 1 amide bonds. The Morgan fingerprint density at radius 3 is 2.94 bits per heavy atom. The molecular formula is C12H16BrClN2OS. The highest BCUT2D eigenvalue weighted by atomic mass is 79.9. The molecule has 1 aromatic rings. The van der Waals surface area contributed by atoms with E-state index in [4.69, 9.17) is 17.3 Å². The van der Waals surface area contributed by atoms with Crippen molar-refractivity contribution < 1.29 is 4.79 Å². The quantitative estimate of drug-likeness (QED) is 0.905. The van der Waals surface area contributed by atoms with Crippen molar-refractivity contribution in [3.05, 3.63) is 19.8 Å². The number of nitrogens with zero attached hydrogens (tertiary/aromatic N) is 1. The lowest BCUT2D eigenvalue weighted by molar-refractivity contribution is -0.137. The van der Waals surface area contributed by atoms with E-state index in [0.717, 1.165) is 28.7 Å². The summed E-state index contributed by atoms with van der Waals surface area (Å²) in [6.45, 7) is 2.83. The Morgan fingerprint density at radius 1 is 1.67 bits per heavy atom. The van der Waals surface area contributed by atoms with Gasteiger partial charge < -0.3 is 10.6 Å². The second kappa shape index (κ2) is 5.90. The normalized spacial score (nSPS) is 24.7. The lowest BCUT2D eigenvalue weighted by Crippen LogP contribution is -2.48. The van der Waals surface area contributed by atoms with E-state index in [0.29, 0.717) is 10.8 Å². The fourth-order valence-electron chi connectivity index (χ4n) is 2.36. The highest BCUT2D eigenvalue weighted by Gasteiger charge is 2.35. The van der Waals surface area contributed by atoms with E-state index in [1.807, 2.05) is 11.0 Å². The van der Waals surface area contributed by atoms with Crippen molar-refractivity contribution in [2.75, 3.05) is 6.54 Å². The fourth-order valence-corrected chi connectivity index (χ4v) is 4.28. The molecule has 2 unspecified atom stereocenters. The molecule has 2 N–H and O–H groups in total. The van der Waals surface area contributed by atoms with Gasteiger partial charge in [0.15, 0.2) is 0 Å². The Bertz CT molecular complexity index is 432. The molecule has 1 aromatic heterocycles. The van der Waals surface area contributed by atoms with Crippen molar-refractivity contribution in [2.24, 2.45) is 5.73 Å². The minimum Gasteiger partial charge on any atom is -0.333 e. The number of amides is 1. The maximum atomic E-state index is 12.0. The van der Waals surface area contributed by atoms with Crippen molar-refractivity contribution in [1.82, 2.24) is 4.90 Å². The van der Waals surface area contributed by atoms with Gasteiger partial charge in [-0.2, -0.15) is 0 Å². The predicted molar refractivity (Wildman–Crippen MR) is 79.0 cm³/mol.